The maximum atomic E-state index is 11.1. The molecule has 2 unspecified atom stereocenters. The van der Waals surface area contributed by atoms with Crippen LogP contribution in [0.2, 0.25) is 0 Å². The van der Waals surface area contributed by atoms with Crippen molar-refractivity contribution in [2.75, 3.05) is 6.61 Å². The lowest BCUT2D eigenvalue weighted by Gasteiger charge is -2.13. The molecular weight excluding hydrogens is 308 g/mol. The number of aliphatic hydroxyl groups excluding tert-OH is 3. The molecule has 0 saturated heterocycles. The fourth-order valence-electron chi connectivity index (χ4n) is 0.948. The van der Waals surface area contributed by atoms with Crippen LogP contribution in [0, 0.1) is 0 Å². The first-order chi connectivity index (χ1) is 10.3. The van der Waals surface area contributed by atoms with Gasteiger partial charge in [0.15, 0.2) is 0 Å². The molecule has 0 aromatic carbocycles. The summed E-state index contributed by atoms with van der Waals surface area (Å²) in [6.07, 6.45) is -4.86. The molecule has 11 nitrogen and oxygen atoms in total. The SMILES string of the molecule is CC(=O)OOC(=O)CCC(=O)OOC(=O)CC(O)C(O)CO. The van der Waals surface area contributed by atoms with Gasteiger partial charge in [0.25, 0.3) is 0 Å². The van der Waals surface area contributed by atoms with Crippen LogP contribution >= 0.6 is 0 Å². The van der Waals surface area contributed by atoms with E-state index in [0.29, 0.717) is 0 Å². The van der Waals surface area contributed by atoms with Crippen LogP contribution in [-0.4, -0.2) is 58.0 Å². The van der Waals surface area contributed by atoms with Crippen molar-refractivity contribution < 1.29 is 54.0 Å². The highest BCUT2D eigenvalue weighted by Gasteiger charge is 2.21. The van der Waals surface area contributed by atoms with Gasteiger partial charge >= 0.3 is 23.9 Å². The average molecular weight is 324 g/mol. The van der Waals surface area contributed by atoms with Crippen molar-refractivity contribution in [3.63, 3.8) is 0 Å². The van der Waals surface area contributed by atoms with Crippen molar-refractivity contribution in [3.05, 3.63) is 0 Å². The molecule has 126 valence electrons. The average Bonchev–Trinajstić information content (AvgIpc) is 2.47. The standard InChI is InChI=1S/C11H16O11/c1-6(13)19-20-9(16)2-3-10(17)21-22-11(18)4-7(14)8(15)5-12/h7-8,12,14-15H,2-5H2,1H3. The highest BCUT2D eigenvalue weighted by atomic mass is 17.2. The maximum absolute atomic E-state index is 11.1. The molecule has 0 saturated carbocycles. The van der Waals surface area contributed by atoms with Crippen molar-refractivity contribution in [1.82, 2.24) is 0 Å². The van der Waals surface area contributed by atoms with Crippen LogP contribution in [0.4, 0.5) is 0 Å². The second-order valence-corrected chi connectivity index (χ2v) is 3.96. The first-order valence-electron chi connectivity index (χ1n) is 6.01. The topological polar surface area (TPSA) is 166 Å². The highest BCUT2D eigenvalue weighted by molar-refractivity contribution is 5.78. The Kier molecular flexibility index (Phi) is 9.41. The number of aliphatic hydroxyl groups is 3. The van der Waals surface area contributed by atoms with E-state index in [1.165, 1.54) is 0 Å². The molecular formula is C11H16O11. The summed E-state index contributed by atoms with van der Waals surface area (Å²) >= 11 is 0. The number of hydrogen-bond acceptors (Lipinski definition) is 11. The fourth-order valence-corrected chi connectivity index (χ4v) is 0.948. The van der Waals surface area contributed by atoms with E-state index in [1.54, 1.807) is 0 Å². The van der Waals surface area contributed by atoms with E-state index < -0.39 is 62.0 Å². The smallest absolute Gasteiger partial charge is 0.358 e. The van der Waals surface area contributed by atoms with Crippen molar-refractivity contribution >= 4 is 23.9 Å². The summed E-state index contributed by atoms with van der Waals surface area (Å²) in [7, 11) is 0. The van der Waals surface area contributed by atoms with Gasteiger partial charge in [0.2, 0.25) is 0 Å². The molecule has 0 radical (unpaired) electrons. The summed E-state index contributed by atoms with van der Waals surface area (Å²) in [5.74, 6) is -4.13. The van der Waals surface area contributed by atoms with Crippen LogP contribution in [0.5, 0.6) is 0 Å². The summed E-state index contributed by atoms with van der Waals surface area (Å²) in [5.41, 5.74) is 0. The lowest BCUT2D eigenvalue weighted by molar-refractivity contribution is -0.263. The Bertz CT molecular complexity index is 405. The molecule has 0 spiro atoms. The van der Waals surface area contributed by atoms with Crippen molar-refractivity contribution in [1.29, 1.82) is 0 Å². The third-order valence-electron chi connectivity index (χ3n) is 2.02. The van der Waals surface area contributed by atoms with E-state index in [9.17, 15) is 24.3 Å². The Balaban J connectivity index is 3.87. The predicted octanol–water partition coefficient (Wildman–Crippen LogP) is -2.11. The lowest BCUT2D eigenvalue weighted by atomic mass is 10.1. The summed E-state index contributed by atoms with van der Waals surface area (Å²) < 4.78 is 0. The first kappa shape index (κ1) is 19.8. The number of hydrogen-bond donors (Lipinski definition) is 3. The Morgan fingerprint density at radius 2 is 1.27 bits per heavy atom. The van der Waals surface area contributed by atoms with E-state index in [2.05, 4.69) is 19.6 Å². The van der Waals surface area contributed by atoms with Gasteiger partial charge < -0.3 is 15.3 Å². The van der Waals surface area contributed by atoms with Gasteiger partial charge in [-0.1, -0.05) is 0 Å². The van der Waals surface area contributed by atoms with Crippen LogP contribution in [-0.2, 0) is 38.7 Å². The van der Waals surface area contributed by atoms with Crippen LogP contribution in [0.25, 0.3) is 0 Å². The second-order valence-electron chi connectivity index (χ2n) is 3.96. The zero-order valence-corrected chi connectivity index (χ0v) is 11.6. The van der Waals surface area contributed by atoms with Gasteiger partial charge in [0, 0.05) is 6.92 Å². The lowest BCUT2D eigenvalue weighted by Crippen LogP contribution is -2.32. The monoisotopic (exact) mass is 324 g/mol. The Labute approximate surface area is 124 Å². The van der Waals surface area contributed by atoms with Gasteiger partial charge in [-0.25, -0.2) is 38.7 Å². The molecule has 0 aromatic heterocycles. The third-order valence-corrected chi connectivity index (χ3v) is 2.02. The fraction of sp³-hybridized carbons (Fsp3) is 0.636. The van der Waals surface area contributed by atoms with E-state index in [-0.39, 0.29) is 0 Å². The predicted molar refractivity (Wildman–Crippen MR) is 63.0 cm³/mol. The molecule has 22 heavy (non-hydrogen) atoms. The summed E-state index contributed by atoms with van der Waals surface area (Å²) in [6, 6.07) is 0. The minimum Gasteiger partial charge on any atom is -0.394 e. The van der Waals surface area contributed by atoms with E-state index in [1.807, 2.05) is 0 Å². The minimum absolute atomic E-state index is 0.491. The van der Waals surface area contributed by atoms with Crippen molar-refractivity contribution in [2.24, 2.45) is 0 Å². The van der Waals surface area contributed by atoms with Gasteiger partial charge in [-0.05, 0) is 0 Å². The Morgan fingerprint density at radius 3 is 1.73 bits per heavy atom. The molecule has 0 fully saturated rings. The van der Waals surface area contributed by atoms with E-state index in [0.717, 1.165) is 6.92 Å². The molecule has 0 rings (SSSR count). The van der Waals surface area contributed by atoms with Gasteiger partial charge in [-0.15, -0.1) is 0 Å². The molecule has 0 amide bonds. The highest BCUT2D eigenvalue weighted by Crippen LogP contribution is 2.02. The van der Waals surface area contributed by atoms with Crippen LogP contribution in [0.3, 0.4) is 0 Å². The molecule has 3 N–H and O–H groups in total. The first-order valence-corrected chi connectivity index (χ1v) is 6.01. The molecule has 0 heterocycles. The number of rotatable bonds is 7. The molecule has 0 bridgehead atoms. The summed E-state index contributed by atoms with van der Waals surface area (Å²) in [4.78, 5) is 59.4. The largest absolute Gasteiger partial charge is 0.394 e. The van der Waals surface area contributed by atoms with E-state index >= 15 is 0 Å². The number of carbonyl (C=O) groups is 4. The van der Waals surface area contributed by atoms with Gasteiger partial charge in [-0.2, -0.15) is 0 Å². The van der Waals surface area contributed by atoms with Crippen LogP contribution in [0.15, 0.2) is 0 Å². The van der Waals surface area contributed by atoms with Crippen molar-refractivity contribution in [3.8, 4) is 0 Å². The molecule has 0 aliphatic carbocycles. The molecule has 0 aliphatic rings. The van der Waals surface area contributed by atoms with Gasteiger partial charge in [-0.3, -0.25) is 0 Å². The van der Waals surface area contributed by atoms with Crippen LogP contribution < -0.4 is 0 Å². The summed E-state index contributed by atoms with van der Waals surface area (Å²) in [6.45, 7) is 0.238. The third kappa shape index (κ3) is 9.63. The zero-order valence-electron chi connectivity index (χ0n) is 11.6. The Morgan fingerprint density at radius 1 is 0.818 bits per heavy atom. The second kappa shape index (κ2) is 10.5. The minimum atomic E-state index is -1.59. The molecule has 0 aromatic rings. The van der Waals surface area contributed by atoms with Gasteiger partial charge in [0.1, 0.15) is 6.10 Å². The normalized spacial score (nSPS) is 12.7. The van der Waals surface area contributed by atoms with Crippen LogP contribution in [0.1, 0.15) is 26.2 Å². The number of carbonyl (C=O) groups excluding carboxylic acids is 4. The van der Waals surface area contributed by atoms with Crippen molar-refractivity contribution in [2.45, 2.75) is 38.4 Å². The maximum Gasteiger partial charge on any atom is 0.358 e. The molecule has 11 heteroatoms. The zero-order chi connectivity index (χ0) is 17.1. The Hall–Kier alpha value is -2.24. The molecule has 0 aliphatic heterocycles. The molecule has 2 atom stereocenters. The van der Waals surface area contributed by atoms with Gasteiger partial charge in [0.05, 0.1) is 32.0 Å². The summed E-state index contributed by atoms with van der Waals surface area (Å²) in [5, 5.41) is 26.7. The van der Waals surface area contributed by atoms with E-state index in [4.69, 9.17) is 10.2 Å². The quantitative estimate of drug-likeness (QED) is 0.346.